The largest absolute Gasteiger partial charge is 0.489 e. The second-order valence-corrected chi connectivity index (χ2v) is 8.95. The number of amides is 2. The molecule has 194 valence electrons. The van der Waals surface area contributed by atoms with Gasteiger partial charge < -0.3 is 25.2 Å². The lowest BCUT2D eigenvalue weighted by atomic mass is 10.0. The molecule has 0 heterocycles. The first kappa shape index (κ1) is 27.3. The van der Waals surface area contributed by atoms with Gasteiger partial charge in [0.15, 0.2) is 0 Å². The smallest absolute Gasteiger partial charge is 0.408 e. The fourth-order valence-corrected chi connectivity index (χ4v) is 3.59. The molecule has 0 saturated carbocycles. The molecule has 3 aromatic carbocycles. The van der Waals surface area contributed by atoms with E-state index in [0.717, 1.165) is 16.7 Å². The molecule has 37 heavy (non-hydrogen) atoms. The van der Waals surface area contributed by atoms with E-state index in [0.29, 0.717) is 12.4 Å². The molecule has 3 rings (SSSR count). The number of benzene rings is 3. The number of carbonyl (C=O) groups is 3. The van der Waals surface area contributed by atoms with E-state index in [9.17, 15) is 19.5 Å². The standard InChI is InChI=1S/C29H32N2O6/c1-20(2)26(31-29(35)37-19-23-11-7-4-8-12-23)27(32)30-25(28(33)34)17-21-13-15-24(16-14-21)36-18-22-9-5-3-6-10-22/h3-16,20,25-26H,17-19H2,1-2H3,(H,30,32)(H,31,35)(H,33,34)/t25-,26-/m0/s1. The Morgan fingerprint density at radius 1 is 0.757 bits per heavy atom. The number of alkyl carbamates (subject to hydrolysis) is 1. The fraction of sp³-hybridized carbons (Fsp3) is 0.276. The van der Waals surface area contributed by atoms with E-state index in [4.69, 9.17) is 9.47 Å². The van der Waals surface area contributed by atoms with Crippen molar-refractivity contribution in [2.45, 2.75) is 45.6 Å². The number of ether oxygens (including phenoxy) is 2. The van der Waals surface area contributed by atoms with Crippen molar-refractivity contribution in [2.24, 2.45) is 5.92 Å². The topological polar surface area (TPSA) is 114 Å². The molecule has 0 bridgehead atoms. The minimum atomic E-state index is -1.17. The Labute approximate surface area is 216 Å². The summed E-state index contributed by atoms with van der Waals surface area (Å²) in [4.78, 5) is 37.1. The van der Waals surface area contributed by atoms with E-state index in [-0.39, 0.29) is 18.9 Å². The van der Waals surface area contributed by atoms with Gasteiger partial charge in [0, 0.05) is 6.42 Å². The molecular formula is C29H32N2O6. The van der Waals surface area contributed by atoms with Crippen LogP contribution in [0.25, 0.3) is 0 Å². The van der Waals surface area contributed by atoms with Gasteiger partial charge in [-0.2, -0.15) is 0 Å². The lowest BCUT2D eigenvalue weighted by molar-refractivity contribution is -0.142. The Morgan fingerprint density at radius 2 is 1.32 bits per heavy atom. The number of hydrogen-bond acceptors (Lipinski definition) is 5. The summed E-state index contributed by atoms with van der Waals surface area (Å²) in [5, 5.41) is 14.8. The minimum absolute atomic E-state index is 0.0575. The number of carboxylic acid groups (broad SMARTS) is 1. The summed E-state index contributed by atoms with van der Waals surface area (Å²) in [5.74, 6) is -1.41. The molecule has 3 aromatic rings. The van der Waals surface area contributed by atoms with E-state index in [1.807, 2.05) is 60.7 Å². The summed E-state index contributed by atoms with van der Waals surface area (Å²) in [6.45, 7) is 3.99. The van der Waals surface area contributed by atoms with Crippen LogP contribution in [-0.4, -0.2) is 35.2 Å². The van der Waals surface area contributed by atoms with Crippen molar-refractivity contribution < 1.29 is 29.0 Å². The summed E-state index contributed by atoms with van der Waals surface area (Å²) >= 11 is 0. The van der Waals surface area contributed by atoms with Crippen molar-refractivity contribution in [3.63, 3.8) is 0 Å². The van der Waals surface area contributed by atoms with Crippen LogP contribution in [0, 0.1) is 5.92 Å². The third kappa shape index (κ3) is 9.00. The molecule has 0 aliphatic heterocycles. The van der Waals surface area contributed by atoms with E-state index in [2.05, 4.69) is 10.6 Å². The molecular weight excluding hydrogens is 472 g/mol. The number of nitrogens with one attached hydrogen (secondary N) is 2. The number of carbonyl (C=O) groups excluding carboxylic acids is 2. The molecule has 8 nitrogen and oxygen atoms in total. The van der Waals surface area contributed by atoms with Gasteiger partial charge in [-0.25, -0.2) is 9.59 Å². The molecule has 0 saturated heterocycles. The van der Waals surface area contributed by atoms with Crippen molar-refractivity contribution >= 4 is 18.0 Å². The van der Waals surface area contributed by atoms with E-state index < -0.39 is 30.1 Å². The second-order valence-electron chi connectivity index (χ2n) is 8.95. The van der Waals surface area contributed by atoms with Gasteiger partial charge in [-0.15, -0.1) is 0 Å². The SMILES string of the molecule is CC(C)[C@H](NC(=O)OCc1ccccc1)C(=O)N[C@@H](Cc1ccc(OCc2ccccc2)cc1)C(=O)O. The van der Waals surface area contributed by atoms with Crippen LogP contribution in [0.2, 0.25) is 0 Å². The molecule has 0 fully saturated rings. The molecule has 0 aromatic heterocycles. The average molecular weight is 505 g/mol. The van der Waals surface area contributed by atoms with Gasteiger partial charge >= 0.3 is 12.1 Å². The first-order valence-electron chi connectivity index (χ1n) is 12.1. The molecule has 2 amide bonds. The first-order chi connectivity index (χ1) is 17.8. The predicted octanol–water partition coefficient (Wildman–Crippen LogP) is 4.33. The zero-order valence-corrected chi connectivity index (χ0v) is 20.9. The van der Waals surface area contributed by atoms with Gasteiger partial charge in [-0.3, -0.25) is 4.79 Å². The van der Waals surface area contributed by atoms with Crippen LogP contribution in [0.5, 0.6) is 5.75 Å². The van der Waals surface area contributed by atoms with Crippen molar-refractivity contribution in [1.82, 2.24) is 10.6 Å². The summed E-state index contributed by atoms with van der Waals surface area (Å²) in [6, 6.07) is 23.8. The Morgan fingerprint density at radius 3 is 1.86 bits per heavy atom. The van der Waals surface area contributed by atoms with Gasteiger partial charge in [0.2, 0.25) is 5.91 Å². The monoisotopic (exact) mass is 504 g/mol. The zero-order chi connectivity index (χ0) is 26.6. The van der Waals surface area contributed by atoms with Gasteiger partial charge in [-0.05, 0) is 34.7 Å². The lowest BCUT2D eigenvalue weighted by Crippen LogP contribution is -2.54. The quantitative estimate of drug-likeness (QED) is 0.338. The zero-order valence-electron chi connectivity index (χ0n) is 20.9. The highest BCUT2D eigenvalue weighted by Crippen LogP contribution is 2.16. The summed E-state index contributed by atoms with van der Waals surface area (Å²) in [7, 11) is 0. The van der Waals surface area contributed by atoms with Crippen LogP contribution < -0.4 is 15.4 Å². The summed E-state index contributed by atoms with van der Waals surface area (Å²) in [6.07, 6.45) is -0.681. The maximum atomic E-state index is 12.9. The predicted molar refractivity (Wildman–Crippen MR) is 139 cm³/mol. The highest BCUT2D eigenvalue weighted by atomic mass is 16.5. The molecule has 0 radical (unpaired) electrons. The third-order valence-corrected chi connectivity index (χ3v) is 5.66. The van der Waals surface area contributed by atoms with Crippen LogP contribution >= 0.6 is 0 Å². The van der Waals surface area contributed by atoms with Crippen LogP contribution in [0.4, 0.5) is 4.79 Å². The van der Waals surface area contributed by atoms with E-state index in [1.54, 1.807) is 38.1 Å². The summed E-state index contributed by atoms with van der Waals surface area (Å²) < 4.78 is 11.0. The molecule has 0 spiro atoms. The maximum absolute atomic E-state index is 12.9. The normalized spacial score (nSPS) is 12.3. The Kier molecular flexibility index (Phi) is 10.1. The summed E-state index contributed by atoms with van der Waals surface area (Å²) in [5.41, 5.74) is 2.57. The molecule has 8 heteroatoms. The van der Waals surface area contributed by atoms with Gasteiger partial charge in [0.25, 0.3) is 0 Å². The molecule has 3 N–H and O–H groups in total. The number of aliphatic carboxylic acids is 1. The van der Waals surface area contributed by atoms with Crippen LogP contribution in [0.15, 0.2) is 84.9 Å². The minimum Gasteiger partial charge on any atom is -0.489 e. The fourth-order valence-electron chi connectivity index (χ4n) is 3.59. The van der Waals surface area contributed by atoms with Crippen LogP contribution in [-0.2, 0) is 34.0 Å². The van der Waals surface area contributed by atoms with Crippen molar-refractivity contribution in [3.8, 4) is 5.75 Å². The molecule has 0 unspecified atom stereocenters. The van der Waals surface area contributed by atoms with Gasteiger partial charge in [0.1, 0.15) is 31.0 Å². The van der Waals surface area contributed by atoms with Crippen molar-refractivity contribution in [2.75, 3.05) is 0 Å². The number of carboxylic acids is 1. The molecule has 0 aliphatic rings. The first-order valence-corrected chi connectivity index (χ1v) is 12.1. The number of hydrogen-bond donors (Lipinski definition) is 3. The van der Waals surface area contributed by atoms with Crippen molar-refractivity contribution in [1.29, 1.82) is 0 Å². The number of rotatable bonds is 12. The van der Waals surface area contributed by atoms with Crippen LogP contribution in [0.1, 0.15) is 30.5 Å². The van der Waals surface area contributed by atoms with Crippen LogP contribution in [0.3, 0.4) is 0 Å². The highest BCUT2D eigenvalue weighted by molar-refractivity contribution is 5.89. The Bertz CT molecular complexity index is 1150. The maximum Gasteiger partial charge on any atom is 0.408 e. The molecule has 0 aliphatic carbocycles. The Balaban J connectivity index is 1.54. The van der Waals surface area contributed by atoms with Gasteiger partial charge in [0.05, 0.1) is 0 Å². The van der Waals surface area contributed by atoms with E-state index in [1.165, 1.54) is 0 Å². The Hall–Kier alpha value is -4.33. The highest BCUT2D eigenvalue weighted by Gasteiger charge is 2.29. The van der Waals surface area contributed by atoms with Gasteiger partial charge in [-0.1, -0.05) is 86.6 Å². The van der Waals surface area contributed by atoms with Crippen molar-refractivity contribution in [3.05, 3.63) is 102 Å². The molecule has 2 atom stereocenters. The van der Waals surface area contributed by atoms with E-state index >= 15 is 0 Å². The second kappa shape index (κ2) is 13.7. The lowest BCUT2D eigenvalue weighted by Gasteiger charge is -2.24. The average Bonchev–Trinajstić information content (AvgIpc) is 2.90. The third-order valence-electron chi connectivity index (χ3n) is 5.66.